The van der Waals surface area contributed by atoms with Crippen LogP contribution in [0.5, 0.6) is 11.6 Å². The summed E-state index contributed by atoms with van der Waals surface area (Å²) in [6, 6.07) is 15.9. The summed E-state index contributed by atoms with van der Waals surface area (Å²) in [6.45, 7) is 0.781. The summed E-state index contributed by atoms with van der Waals surface area (Å²) >= 11 is 3.49. The Morgan fingerprint density at radius 2 is 1.76 bits per heavy atom. The smallest absolute Gasteiger partial charge is 0.227 e. The van der Waals surface area contributed by atoms with E-state index in [1.807, 2.05) is 55.7 Å². The first-order chi connectivity index (χ1) is 10.3. The van der Waals surface area contributed by atoms with Crippen LogP contribution in [-0.2, 0) is 6.54 Å². The van der Waals surface area contributed by atoms with Gasteiger partial charge in [0.15, 0.2) is 0 Å². The second-order valence-electron chi connectivity index (χ2n) is 4.70. The molecule has 1 N–H and O–H groups in total. The van der Waals surface area contributed by atoms with Crippen molar-refractivity contribution in [1.82, 2.24) is 10.3 Å². The number of rotatable bonds is 4. The van der Waals surface area contributed by atoms with Crippen LogP contribution in [0, 0.1) is 0 Å². The van der Waals surface area contributed by atoms with Gasteiger partial charge in [-0.2, -0.15) is 0 Å². The van der Waals surface area contributed by atoms with E-state index in [1.165, 1.54) is 0 Å². The standard InChI is InChI=1S/C17H15BrN2O/c1-19-10-12-11-20-17(14-7-3-2-6-13(12)14)21-16-9-5-4-8-15(16)18/h2-9,11,19H,10H2,1H3. The Kier molecular flexibility index (Phi) is 4.18. The molecular weight excluding hydrogens is 328 g/mol. The molecule has 21 heavy (non-hydrogen) atoms. The largest absolute Gasteiger partial charge is 0.437 e. The van der Waals surface area contributed by atoms with Crippen molar-refractivity contribution < 1.29 is 4.74 Å². The van der Waals surface area contributed by atoms with Gasteiger partial charge in [0.1, 0.15) is 5.75 Å². The van der Waals surface area contributed by atoms with Gasteiger partial charge in [-0.05, 0) is 52.1 Å². The Bertz CT molecular complexity index is 774. The van der Waals surface area contributed by atoms with E-state index in [2.05, 4.69) is 32.3 Å². The molecule has 0 atom stereocenters. The molecule has 4 heteroatoms. The van der Waals surface area contributed by atoms with E-state index in [9.17, 15) is 0 Å². The number of ether oxygens (including phenoxy) is 1. The molecule has 0 saturated heterocycles. The maximum atomic E-state index is 5.98. The van der Waals surface area contributed by atoms with E-state index >= 15 is 0 Å². The zero-order valence-electron chi connectivity index (χ0n) is 11.6. The quantitative estimate of drug-likeness (QED) is 0.757. The van der Waals surface area contributed by atoms with Crippen molar-refractivity contribution in [1.29, 1.82) is 0 Å². The Morgan fingerprint density at radius 3 is 2.52 bits per heavy atom. The maximum absolute atomic E-state index is 5.98. The van der Waals surface area contributed by atoms with Gasteiger partial charge in [-0.25, -0.2) is 4.98 Å². The van der Waals surface area contributed by atoms with Gasteiger partial charge in [0.05, 0.1) is 4.47 Å². The molecule has 1 heterocycles. The molecule has 0 unspecified atom stereocenters. The summed E-state index contributed by atoms with van der Waals surface area (Å²) in [6.07, 6.45) is 1.87. The summed E-state index contributed by atoms with van der Waals surface area (Å²) in [5, 5.41) is 5.34. The normalized spacial score (nSPS) is 10.8. The van der Waals surface area contributed by atoms with Crippen molar-refractivity contribution in [3.63, 3.8) is 0 Å². The SMILES string of the molecule is CNCc1cnc(Oc2ccccc2Br)c2ccccc12. The van der Waals surface area contributed by atoms with Crippen LogP contribution in [0.3, 0.4) is 0 Å². The molecule has 0 spiro atoms. The molecule has 1 aromatic heterocycles. The third kappa shape index (κ3) is 2.91. The van der Waals surface area contributed by atoms with Crippen LogP contribution in [-0.4, -0.2) is 12.0 Å². The van der Waals surface area contributed by atoms with Crippen LogP contribution in [0.2, 0.25) is 0 Å². The van der Waals surface area contributed by atoms with Gasteiger partial charge in [0, 0.05) is 18.1 Å². The molecule has 2 aromatic carbocycles. The van der Waals surface area contributed by atoms with Crippen molar-refractivity contribution in [3.05, 3.63) is 64.8 Å². The Morgan fingerprint density at radius 1 is 1.05 bits per heavy atom. The number of fused-ring (bicyclic) bond motifs is 1. The minimum absolute atomic E-state index is 0.623. The second-order valence-corrected chi connectivity index (χ2v) is 5.55. The van der Waals surface area contributed by atoms with Gasteiger partial charge in [-0.15, -0.1) is 0 Å². The predicted octanol–water partition coefficient (Wildman–Crippen LogP) is 4.51. The highest BCUT2D eigenvalue weighted by atomic mass is 79.9. The molecule has 3 rings (SSSR count). The second kappa shape index (κ2) is 6.24. The van der Waals surface area contributed by atoms with Crippen molar-refractivity contribution >= 4 is 26.7 Å². The highest BCUT2D eigenvalue weighted by Crippen LogP contribution is 2.33. The van der Waals surface area contributed by atoms with E-state index in [0.29, 0.717) is 5.88 Å². The summed E-state index contributed by atoms with van der Waals surface area (Å²) in [7, 11) is 1.93. The third-order valence-electron chi connectivity index (χ3n) is 3.25. The highest BCUT2D eigenvalue weighted by Gasteiger charge is 2.10. The van der Waals surface area contributed by atoms with Crippen LogP contribution in [0.15, 0.2) is 59.2 Å². The van der Waals surface area contributed by atoms with Gasteiger partial charge in [0.25, 0.3) is 0 Å². The average Bonchev–Trinajstić information content (AvgIpc) is 2.52. The Hall–Kier alpha value is -1.91. The van der Waals surface area contributed by atoms with Crippen molar-refractivity contribution in [2.45, 2.75) is 6.54 Å². The lowest BCUT2D eigenvalue weighted by molar-refractivity contribution is 0.466. The molecule has 0 aliphatic heterocycles. The minimum Gasteiger partial charge on any atom is -0.437 e. The van der Waals surface area contributed by atoms with Crippen LogP contribution >= 0.6 is 15.9 Å². The first-order valence-electron chi connectivity index (χ1n) is 6.73. The maximum Gasteiger partial charge on any atom is 0.227 e. The summed E-state index contributed by atoms with van der Waals surface area (Å²) in [4.78, 5) is 4.48. The summed E-state index contributed by atoms with van der Waals surface area (Å²) in [5.74, 6) is 1.38. The van der Waals surface area contributed by atoms with E-state index < -0.39 is 0 Å². The third-order valence-corrected chi connectivity index (χ3v) is 3.91. The van der Waals surface area contributed by atoms with E-state index in [-0.39, 0.29) is 0 Å². The molecule has 3 aromatic rings. The number of benzene rings is 2. The molecule has 0 radical (unpaired) electrons. The van der Waals surface area contributed by atoms with E-state index in [0.717, 1.165) is 33.1 Å². The molecule has 3 nitrogen and oxygen atoms in total. The number of aromatic nitrogens is 1. The van der Waals surface area contributed by atoms with Crippen molar-refractivity contribution in [2.75, 3.05) is 7.05 Å². The van der Waals surface area contributed by atoms with Gasteiger partial charge in [-0.3, -0.25) is 0 Å². The fraction of sp³-hybridized carbons (Fsp3) is 0.118. The molecule has 0 fully saturated rings. The van der Waals surface area contributed by atoms with Gasteiger partial charge in [0.2, 0.25) is 5.88 Å². The topological polar surface area (TPSA) is 34.2 Å². The Balaban J connectivity index is 2.08. The molecule has 0 bridgehead atoms. The molecule has 0 aliphatic rings. The lowest BCUT2D eigenvalue weighted by Crippen LogP contribution is -2.06. The van der Waals surface area contributed by atoms with Gasteiger partial charge < -0.3 is 10.1 Å². The van der Waals surface area contributed by atoms with Crippen LogP contribution in [0.4, 0.5) is 0 Å². The Labute approximate surface area is 132 Å². The van der Waals surface area contributed by atoms with Crippen molar-refractivity contribution in [2.24, 2.45) is 0 Å². The fourth-order valence-electron chi connectivity index (χ4n) is 2.27. The zero-order valence-corrected chi connectivity index (χ0v) is 13.2. The number of hydrogen-bond donors (Lipinski definition) is 1. The summed E-state index contributed by atoms with van der Waals surface area (Å²) < 4.78 is 6.89. The van der Waals surface area contributed by atoms with E-state index in [4.69, 9.17) is 4.74 Å². The average molecular weight is 343 g/mol. The first-order valence-corrected chi connectivity index (χ1v) is 7.52. The monoisotopic (exact) mass is 342 g/mol. The number of nitrogens with zero attached hydrogens (tertiary/aromatic N) is 1. The molecule has 0 saturated carbocycles. The lowest BCUT2D eigenvalue weighted by Gasteiger charge is -2.12. The molecule has 0 amide bonds. The van der Waals surface area contributed by atoms with Crippen LogP contribution in [0.25, 0.3) is 10.8 Å². The number of para-hydroxylation sites is 1. The number of hydrogen-bond acceptors (Lipinski definition) is 3. The molecule has 0 aliphatic carbocycles. The fourth-order valence-corrected chi connectivity index (χ4v) is 2.64. The number of nitrogens with one attached hydrogen (secondary N) is 1. The zero-order chi connectivity index (χ0) is 14.7. The highest BCUT2D eigenvalue weighted by molar-refractivity contribution is 9.10. The summed E-state index contributed by atoms with van der Waals surface area (Å²) in [5.41, 5.74) is 1.16. The minimum atomic E-state index is 0.623. The van der Waals surface area contributed by atoms with Crippen molar-refractivity contribution in [3.8, 4) is 11.6 Å². The number of pyridine rings is 1. The van der Waals surface area contributed by atoms with Crippen LogP contribution < -0.4 is 10.1 Å². The predicted molar refractivity (Wildman–Crippen MR) is 88.7 cm³/mol. The van der Waals surface area contributed by atoms with Gasteiger partial charge in [-0.1, -0.05) is 30.3 Å². The first kappa shape index (κ1) is 14.0. The van der Waals surface area contributed by atoms with E-state index in [1.54, 1.807) is 0 Å². The van der Waals surface area contributed by atoms with Crippen LogP contribution in [0.1, 0.15) is 5.56 Å². The number of halogens is 1. The lowest BCUT2D eigenvalue weighted by atomic mass is 10.1. The molecular formula is C17H15BrN2O. The van der Waals surface area contributed by atoms with Gasteiger partial charge >= 0.3 is 0 Å². The molecule has 106 valence electrons.